The largest absolute Gasteiger partial charge is 0.481 e. The van der Waals surface area contributed by atoms with E-state index in [9.17, 15) is 14.4 Å². The zero-order chi connectivity index (χ0) is 12.0. The molecule has 0 aliphatic carbocycles. The summed E-state index contributed by atoms with van der Waals surface area (Å²) < 4.78 is 0. The Morgan fingerprint density at radius 1 is 1.07 bits per heavy atom. The number of hydrogen-bond acceptors (Lipinski definition) is 3. The fraction of sp³-hybridized carbons (Fsp3) is 0.700. The van der Waals surface area contributed by atoms with Gasteiger partial charge in [0.15, 0.2) is 0 Å². The third-order valence-corrected chi connectivity index (χ3v) is 2.11. The summed E-state index contributed by atoms with van der Waals surface area (Å²) in [6.45, 7) is 3.88. The molecule has 0 aliphatic rings. The van der Waals surface area contributed by atoms with Crippen LogP contribution in [0.1, 0.15) is 33.1 Å². The quantitative estimate of drug-likeness (QED) is 0.623. The van der Waals surface area contributed by atoms with Crippen molar-refractivity contribution in [1.29, 1.82) is 0 Å². The molecule has 2 N–H and O–H groups in total. The van der Waals surface area contributed by atoms with Crippen LogP contribution in [0.3, 0.4) is 0 Å². The predicted octanol–water partition coefficient (Wildman–Crippen LogP) is 1.17. The molecule has 5 nitrogen and oxygen atoms in total. The van der Waals surface area contributed by atoms with Crippen molar-refractivity contribution in [3.05, 3.63) is 0 Å². The predicted molar refractivity (Wildman–Crippen MR) is 52.5 cm³/mol. The number of aliphatic carboxylic acids is 2. The summed E-state index contributed by atoms with van der Waals surface area (Å²) in [7, 11) is 0. The van der Waals surface area contributed by atoms with Crippen LogP contribution in [-0.2, 0) is 14.4 Å². The van der Waals surface area contributed by atoms with E-state index in [0.29, 0.717) is 18.8 Å². The van der Waals surface area contributed by atoms with Gasteiger partial charge in [-0.15, -0.1) is 0 Å². The van der Waals surface area contributed by atoms with Crippen LogP contribution >= 0.6 is 0 Å². The molecular formula is C10H16O5. The fourth-order valence-corrected chi connectivity index (χ4v) is 1.16. The molecule has 0 rings (SSSR count). The summed E-state index contributed by atoms with van der Waals surface area (Å²) in [5.74, 6) is -4.25. The van der Waals surface area contributed by atoms with Crippen LogP contribution in [0.4, 0.5) is 0 Å². The van der Waals surface area contributed by atoms with Crippen molar-refractivity contribution in [3.63, 3.8) is 0 Å². The van der Waals surface area contributed by atoms with Gasteiger partial charge in [0.1, 0.15) is 0 Å². The Labute approximate surface area is 88.1 Å². The average Bonchev–Trinajstić information content (AvgIpc) is 2.10. The van der Waals surface area contributed by atoms with Crippen molar-refractivity contribution in [2.24, 2.45) is 11.8 Å². The fourth-order valence-electron chi connectivity index (χ4n) is 1.16. The van der Waals surface area contributed by atoms with Gasteiger partial charge in [-0.3, -0.25) is 9.59 Å². The first-order valence-electron chi connectivity index (χ1n) is 4.83. The lowest BCUT2D eigenvalue weighted by Gasteiger charge is -2.11. The van der Waals surface area contributed by atoms with Gasteiger partial charge in [-0.2, -0.15) is 0 Å². The molecule has 0 saturated carbocycles. The van der Waals surface area contributed by atoms with E-state index >= 15 is 0 Å². The molecule has 0 aromatic carbocycles. The van der Waals surface area contributed by atoms with Gasteiger partial charge in [0.2, 0.25) is 5.78 Å². The molecule has 0 bridgehead atoms. The summed E-state index contributed by atoms with van der Waals surface area (Å²) in [6, 6.07) is 0. The summed E-state index contributed by atoms with van der Waals surface area (Å²) in [4.78, 5) is 31.8. The molecule has 1 atom stereocenters. The lowest BCUT2D eigenvalue weighted by molar-refractivity contribution is -0.151. The highest BCUT2D eigenvalue weighted by Crippen LogP contribution is 2.16. The Kier molecular flexibility index (Phi) is 5.59. The topological polar surface area (TPSA) is 91.7 Å². The first kappa shape index (κ1) is 13.6. The number of carboxylic acid groups (broad SMARTS) is 2. The maximum atomic E-state index is 10.8. The minimum absolute atomic E-state index is 0.339. The number of hydrogen-bond donors (Lipinski definition) is 2. The first-order valence-corrected chi connectivity index (χ1v) is 4.83. The van der Waals surface area contributed by atoms with Crippen LogP contribution in [-0.4, -0.2) is 27.9 Å². The standard InChI is InChI=1S/C10H16O5/c1-6(2)3-4-7(9(12)13)5-8(11)10(14)15/h6-7H,3-5H2,1-2H3,(H,12,13)(H,14,15). The van der Waals surface area contributed by atoms with Crippen molar-refractivity contribution >= 4 is 17.7 Å². The van der Waals surface area contributed by atoms with E-state index in [0.717, 1.165) is 0 Å². The highest BCUT2D eigenvalue weighted by Gasteiger charge is 2.24. The Hall–Kier alpha value is -1.39. The van der Waals surface area contributed by atoms with Gasteiger partial charge >= 0.3 is 11.9 Å². The molecule has 1 unspecified atom stereocenters. The van der Waals surface area contributed by atoms with E-state index in [1.165, 1.54) is 0 Å². The Bertz CT molecular complexity index is 257. The van der Waals surface area contributed by atoms with Gasteiger partial charge in [0.05, 0.1) is 5.92 Å². The maximum Gasteiger partial charge on any atom is 0.372 e. The van der Waals surface area contributed by atoms with E-state index < -0.39 is 30.1 Å². The van der Waals surface area contributed by atoms with Crippen molar-refractivity contribution in [2.75, 3.05) is 0 Å². The minimum atomic E-state index is -1.56. The van der Waals surface area contributed by atoms with Gasteiger partial charge in [-0.1, -0.05) is 20.3 Å². The summed E-state index contributed by atoms with van der Waals surface area (Å²) >= 11 is 0. The normalized spacial score (nSPS) is 12.5. The Morgan fingerprint density at radius 2 is 1.60 bits per heavy atom. The maximum absolute atomic E-state index is 10.8. The SMILES string of the molecule is CC(C)CCC(CC(=O)C(=O)O)C(=O)O. The summed E-state index contributed by atoms with van der Waals surface area (Å²) in [5, 5.41) is 17.1. The van der Waals surface area contributed by atoms with Crippen molar-refractivity contribution in [2.45, 2.75) is 33.1 Å². The minimum Gasteiger partial charge on any atom is -0.481 e. The molecule has 15 heavy (non-hydrogen) atoms. The molecule has 86 valence electrons. The number of rotatable bonds is 7. The van der Waals surface area contributed by atoms with Crippen molar-refractivity contribution in [1.82, 2.24) is 0 Å². The number of carboxylic acids is 2. The van der Waals surface area contributed by atoms with E-state index in [-0.39, 0.29) is 0 Å². The average molecular weight is 216 g/mol. The number of Topliss-reactive ketones (excluding diaryl/α,β-unsaturated/α-hetero) is 1. The lowest BCUT2D eigenvalue weighted by Crippen LogP contribution is -2.23. The second-order valence-corrected chi connectivity index (χ2v) is 3.94. The summed E-state index contributed by atoms with van der Waals surface area (Å²) in [5.41, 5.74) is 0. The molecule has 0 saturated heterocycles. The molecule has 0 aromatic rings. The third-order valence-electron chi connectivity index (χ3n) is 2.11. The Morgan fingerprint density at radius 3 is 1.93 bits per heavy atom. The molecule has 0 aromatic heterocycles. The van der Waals surface area contributed by atoms with Crippen LogP contribution in [0.25, 0.3) is 0 Å². The van der Waals surface area contributed by atoms with Gasteiger partial charge in [-0.05, 0) is 12.3 Å². The number of ketones is 1. The highest BCUT2D eigenvalue weighted by molar-refractivity contribution is 6.33. The smallest absolute Gasteiger partial charge is 0.372 e. The molecule has 0 radical (unpaired) electrons. The number of carbonyl (C=O) groups excluding carboxylic acids is 1. The van der Waals surface area contributed by atoms with Gasteiger partial charge in [0.25, 0.3) is 0 Å². The van der Waals surface area contributed by atoms with Gasteiger partial charge in [-0.25, -0.2) is 4.79 Å². The molecule has 0 fully saturated rings. The zero-order valence-electron chi connectivity index (χ0n) is 8.90. The van der Waals surface area contributed by atoms with Crippen LogP contribution < -0.4 is 0 Å². The zero-order valence-corrected chi connectivity index (χ0v) is 8.90. The molecule has 0 heterocycles. The second-order valence-electron chi connectivity index (χ2n) is 3.94. The molecule has 0 spiro atoms. The third kappa shape index (κ3) is 5.83. The molecule has 0 aliphatic heterocycles. The van der Waals surface area contributed by atoms with Crippen LogP contribution in [0.15, 0.2) is 0 Å². The summed E-state index contributed by atoms with van der Waals surface area (Å²) in [6.07, 6.45) is 0.591. The van der Waals surface area contributed by atoms with Crippen LogP contribution in [0.2, 0.25) is 0 Å². The van der Waals surface area contributed by atoms with E-state index in [1.807, 2.05) is 13.8 Å². The molecular weight excluding hydrogens is 200 g/mol. The first-order chi connectivity index (χ1) is 6.84. The monoisotopic (exact) mass is 216 g/mol. The second kappa shape index (κ2) is 6.16. The molecule has 5 heteroatoms. The molecule has 0 amide bonds. The van der Waals surface area contributed by atoms with E-state index in [4.69, 9.17) is 10.2 Å². The van der Waals surface area contributed by atoms with Gasteiger partial charge in [0, 0.05) is 6.42 Å². The van der Waals surface area contributed by atoms with E-state index in [2.05, 4.69) is 0 Å². The Balaban J connectivity index is 4.22. The van der Waals surface area contributed by atoms with Crippen LogP contribution in [0.5, 0.6) is 0 Å². The van der Waals surface area contributed by atoms with Crippen molar-refractivity contribution in [3.8, 4) is 0 Å². The van der Waals surface area contributed by atoms with Crippen LogP contribution in [0, 0.1) is 11.8 Å². The van der Waals surface area contributed by atoms with E-state index in [1.54, 1.807) is 0 Å². The highest BCUT2D eigenvalue weighted by atomic mass is 16.4. The van der Waals surface area contributed by atoms with Gasteiger partial charge < -0.3 is 10.2 Å². The lowest BCUT2D eigenvalue weighted by atomic mass is 9.93. The van der Waals surface area contributed by atoms with Crippen molar-refractivity contribution < 1.29 is 24.6 Å². The number of carbonyl (C=O) groups is 3.